The van der Waals surface area contributed by atoms with E-state index in [1.54, 1.807) is 0 Å². The third kappa shape index (κ3) is 3.05. The highest BCUT2D eigenvalue weighted by molar-refractivity contribution is 6.36. The average molecular weight is 271 g/mol. The van der Waals surface area contributed by atoms with Crippen LogP contribution in [0, 0.1) is 5.92 Å². The van der Waals surface area contributed by atoms with Crippen LogP contribution in [0.4, 0.5) is 13.2 Å². The van der Waals surface area contributed by atoms with E-state index in [2.05, 4.69) is 0 Å². The van der Waals surface area contributed by atoms with E-state index in [1.807, 2.05) is 13.8 Å². The Morgan fingerprint density at radius 3 is 2.19 bits per heavy atom. The lowest BCUT2D eigenvalue weighted by atomic mass is 10.0. The standard InChI is InChI=1S/C11H11Cl2F3/c1-6(2)5-7-9(12)4-3-8(10(7)13)11(14,15)16/h3-4,6H,5H2,1-2H3. The first-order valence-electron chi connectivity index (χ1n) is 4.77. The van der Waals surface area contributed by atoms with Crippen molar-refractivity contribution in [3.8, 4) is 0 Å². The van der Waals surface area contributed by atoms with Crippen LogP contribution in [0.25, 0.3) is 0 Å². The molecule has 1 aromatic rings. The van der Waals surface area contributed by atoms with Crippen molar-refractivity contribution in [1.29, 1.82) is 0 Å². The van der Waals surface area contributed by atoms with Gasteiger partial charge in [-0.3, -0.25) is 0 Å². The Labute approximate surface area is 102 Å². The summed E-state index contributed by atoms with van der Waals surface area (Å²) in [6.07, 6.45) is -4.00. The van der Waals surface area contributed by atoms with E-state index in [4.69, 9.17) is 23.2 Å². The molecule has 5 heteroatoms. The molecule has 0 heterocycles. The second kappa shape index (κ2) is 4.84. The highest BCUT2D eigenvalue weighted by Gasteiger charge is 2.34. The van der Waals surface area contributed by atoms with Gasteiger partial charge < -0.3 is 0 Å². The first-order valence-corrected chi connectivity index (χ1v) is 5.53. The molecule has 0 aromatic heterocycles. The van der Waals surface area contributed by atoms with Gasteiger partial charge in [0.15, 0.2) is 0 Å². The molecule has 0 aliphatic rings. The van der Waals surface area contributed by atoms with Gasteiger partial charge in [0.05, 0.1) is 10.6 Å². The molecule has 0 fully saturated rings. The van der Waals surface area contributed by atoms with Crippen LogP contribution >= 0.6 is 23.2 Å². The number of hydrogen-bond donors (Lipinski definition) is 0. The summed E-state index contributed by atoms with van der Waals surface area (Å²) in [6, 6.07) is 2.16. The lowest BCUT2D eigenvalue weighted by molar-refractivity contribution is -0.137. The first kappa shape index (κ1) is 13.7. The Morgan fingerprint density at radius 2 is 1.75 bits per heavy atom. The molecular formula is C11H11Cl2F3. The number of alkyl halides is 3. The molecule has 1 aromatic carbocycles. The van der Waals surface area contributed by atoms with Crippen molar-refractivity contribution in [2.24, 2.45) is 5.92 Å². The van der Waals surface area contributed by atoms with Crippen LogP contribution in [0.15, 0.2) is 12.1 Å². The molecule has 0 saturated heterocycles. The normalized spacial score (nSPS) is 12.2. The Hall–Kier alpha value is -0.410. The van der Waals surface area contributed by atoms with E-state index in [1.165, 1.54) is 6.07 Å². The van der Waals surface area contributed by atoms with Gasteiger partial charge in [0.25, 0.3) is 0 Å². The van der Waals surface area contributed by atoms with Gasteiger partial charge in [0, 0.05) is 5.02 Å². The molecule has 90 valence electrons. The number of rotatable bonds is 2. The second-order valence-corrected chi connectivity index (χ2v) is 4.77. The summed E-state index contributed by atoms with van der Waals surface area (Å²) in [7, 11) is 0. The maximum atomic E-state index is 12.6. The number of halogens is 5. The van der Waals surface area contributed by atoms with E-state index in [0.717, 1.165) is 6.07 Å². The van der Waals surface area contributed by atoms with Crippen molar-refractivity contribution < 1.29 is 13.2 Å². The van der Waals surface area contributed by atoms with Gasteiger partial charge in [0.1, 0.15) is 0 Å². The first-order chi connectivity index (χ1) is 7.23. The van der Waals surface area contributed by atoms with Crippen LogP contribution in [0.3, 0.4) is 0 Å². The quantitative estimate of drug-likeness (QED) is 0.692. The zero-order valence-corrected chi connectivity index (χ0v) is 10.3. The van der Waals surface area contributed by atoms with Crippen molar-refractivity contribution in [1.82, 2.24) is 0 Å². The molecule has 0 amide bonds. The Balaban J connectivity index is 3.27. The van der Waals surface area contributed by atoms with Crippen LogP contribution in [0.1, 0.15) is 25.0 Å². The zero-order valence-electron chi connectivity index (χ0n) is 8.83. The van der Waals surface area contributed by atoms with Crippen molar-refractivity contribution in [2.45, 2.75) is 26.4 Å². The minimum Gasteiger partial charge on any atom is -0.166 e. The Morgan fingerprint density at radius 1 is 1.19 bits per heavy atom. The van der Waals surface area contributed by atoms with Gasteiger partial charge in [-0.05, 0) is 30.0 Å². The predicted octanol–water partition coefficient (Wildman–Crippen LogP) is 5.21. The van der Waals surface area contributed by atoms with E-state index in [-0.39, 0.29) is 16.0 Å². The molecule has 0 N–H and O–H groups in total. The van der Waals surface area contributed by atoms with Crippen molar-refractivity contribution >= 4 is 23.2 Å². The van der Waals surface area contributed by atoms with Gasteiger partial charge in [-0.15, -0.1) is 0 Å². The van der Waals surface area contributed by atoms with Crippen LogP contribution < -0.4 is 0 Å². The smallest absolute Gasteiger partial charge is 0.166 e. The molecule has 0 nitrogen and oxygen atoms in total. The van der Waals surface area contributed by atoms with E-state index < -0.39 is 11.7 Å². The molecule has 0 radical (unpaired) electrons. The third-order valence-corrected chi connectivity index (χ3v) is 2.89. The molecule has 0 aliphatic carbocycles. The summed E-state index contributed by atoms with van der Waals surface area (Å²) in [5, 5.41) is 0.000370. The molecule has 16 heavy (non-hydrogen) atoms. The van der Waals surface area contributed by atoms with Gasteiger partial charge in [0.2, 0.25) is 0 Å². The highest BCUT2D eigenvalue weighted by Crippen LogP contribution is 2.39. The summed E-state index contributed by atoms with van der Waals surface area (Å²) in [5.41, 5.74) is -0.456. The largest absolute Gasteiger partial charge is 0.417 e. The molecule has 0 unspecified atom stereocenters. The fraction of sp³-hybridized carbons (Fsp3) is 0.455. The minimum atomic E-state index is -4.44. The lowest BCUT2D eigenvalue weighted by Gasteiger charge is -2.15. The minimum absolute atomic E-state index is 0.193. The SMILES string of the molecule is CC(C)Cc1c(Cl)ccc(C(F)(F)F)c1Cl. The summed E-state index contributed by atoms with van der Waals surface area (Å²) in [5.74, 6) is 0.193. The van der Waals surface area contributed by atoms with E-state index >= 15 is 0 Å². The van der Waals surface area contributed by atoms with Crippen LogP contribution in [-0.4, -0.2) is 0 Å². The third-order valence-electron chi connectivity index (χ3n) is 2.10. The second-order valence-electron chi connectivity index (χ2n) is 3.98. The maximum absolute atomic E-state index is 12.6. The van der Waals surface area contributed by atoms with Gasteiger partial charge in [-0.2, -0.15) is 13.2 Å². The van der Waals surface area contributed by atoms with Gasteiger partial charge in [-0.1, -0.05) is 37.0 Å². The van der Waals surface area contributed by atoms with E-state index in [9.17, 15) is 13.2 Å². The Kier molecular flexibility index (Phi) is 4.13. The molecular weight excluding hydrogens is 260 g/mol. The fourth-order valence-electron chi connectivity index (χ4n) is 1.41. The molecule has 1 rings (SSSR count). The van der Waals surface area contributed by atoms with Crippen molar-refractivity contribution in [3.63, 3.8) is 0 Å². The average Bonchev–Trinajstić information content (AvgIpc) is 2.09. The topological polar surface area (TPSA) is 0 Å². The fourth-order valence-corrected chi connectivity index (χ4v) is 2.04. The van der Waals surface area contributed by atoms with Gasteiger partial charge >= 0.3 is 6.18 Å². The van der Waals surface area contributed by atoms with Crippen molar-refractivity contribution in [2.75, 3.05) is 0 Å². The van der Waals surface area contributed by atoms with Gasteiger partial charge in [-0.25, -0.2) is 0 Å². The summed E-state index contributed by atoms with van der Waals surface area (Å²) < 4.78 is 37.7. The summed E-state index contributed by atoms with van der Waals surface area (Å²) in [6.45, 7) is 3.79. The molecule has 0 bridgehead atoms. The number of hydrogen-bond acceptors (Lipinski definition) is 0. The van der Waals surface area contributed by atoms with Crippen LogP contribution in [0.5, 0.6) is 0 Å². The van der Waals surface area contributed by atoms with Crippen LogP contribution in [-0.2, 0) is 12.6 Å². The molecule has 0 saturated carbocycles. The summed E-state index contributed by atoms with van der Waals surface area (Å²) >= 11 is 11.6. The Bertz CT molecular complexity index is 384. The number of benzene rings is 1. The monoisotopic (exact) mass is 270 g/mol. The predicted molar refractivity (Wildman–Crippen MR) is 60.0 cm³/mol. The lowest BCUT2D eigenvalue weighted by Crippen LogP contribution is -2.08. The maximum Gasteiger partial charge on any atom is 0.417 e. The van der Waals surface area contributed by atoms with E-state index in [0.29, 0.717) is 12.0 Å². The van der Waals surface area contributed by atoms with Crippen molar-refractivity contribution in [3.05, 3.63) is 33.3 Å². The molecule has 0 spiro atoms. The molecule has 0 aliphatic heterocycles. The zero-order chi connectivity index (χ0) is 12.5. The highest BCUT2D eigenvalue weighted by atomic mass is 35.5. The van der Waals surface area contributed by atoms with Crippen LogP contribution in [0.2, 0.25) is 10.0 Å². The molecule has 0 atom stereocenters. The summed E-state index contributed by atoms with van der Waals surface area (Å²) in [4.78, 5) is 0.